The van der Waals surface area contributed by atoms with Crippen molar-refractivity contribution in [3.05, 3.63) is 37.9 Å². The van der Waals surface area contributed by atoms with Crippen LogP contribution in [-0.4, -0.2) is 40.5 Å². The number of rotatable bonds is 6. The number of nitro benzene ring substituents is 2. The van der Waals surface area contributed by atoms with E-state index in [9.17, 15) is 25.3 Å². The van der Waals surface area contributed by atoms with Crippen LogP contribution >= 0.6 is 0 Å². The molecule has 0 radical (unpaired) electrons. The van der Waals surface area contributed by atoms with Crippen LogP contribution in [0.1, 0.15) is 12.0 Å². The van der Waals surface area contributed by atoms with Gasteiger partial charge in [0.2, 0.25) is 0 Å². The van der Waals surface area contributed by atoms with Crippen LogP contribution in [0.2, 0.25) is 0 Å². The minimum absolute atomic E-state index is 0.225. The second kappa shape index (κ2) is 6.10. The maximum absolute atomic E-state index is 10.7. The summed E-state index contributed by atoms with van der Waals surface area (Å²) in [6.45, 7) is 0.718. The normalized spacial score (nSPS) is 10.7. The number of benzene rings is 1. The van der Waals surface area contributed by atoms with E-state index >= 15 is 0 Å². The van der Waals surface area contributed by atoms with Crippen LogP contribution in [0.4, 0.5) is 11.4 Å². The predicted octanol–water partition coefficient (Wildman–Crippen LogP) is 1.70. The van der Waals surface area contributed by atoms with E-state index in [0.29, 0.717) is 12.8 Å². The SMILES string of the molecule is CN(C)CCCc1cc([N+](=O)[O-])cc([N+](=O)[O-])c1O. The van der Waals surface area contributed by atoms with Crippen LogP contribution in [0.15, 0.2) is 12.1 Å². The lowest BCUT2D eigenvalue weighted by atomic mass is 10.1. The third-order valence-corrected chi connectivity index (χ3v) is 2.61. The molecule has 8 heteroatoms. The van der Waals surface area contributed by atoms with Crippen molar-refractivity contribution in [3.8, 4) is 5.75 Å². The highest BCUT2D eigenvalue weighted by Gasteiger charge is 2.23. The highest BCUT2D eigenvalue weighted by Crippen LogP contribution is 2.34. The summed E-state index contributed by atoms with van der Waals surface area (Å²) in [6, 6.07) is 1.95. The van der Waals surface area contributed by atoms with E-state index < -0.39 is 21.3 Å². The maximum Gasteiger partial charge on any atom is 0.317 e. The first kappa shape index (κ1) is 14.8. The molecule has 1 N–H and O–H groups in total. The Labute approximate surface area is 109 Å². The first-order valence-corrected chi connectivity index (χ1v) is 5.62. The van der Waals surface area contributed by atoms with Gasteiger partial charge in [0.1, 0.15) is 0 Å². The summed E-state index contributed by atoms with van der Waals surface area (Å²) >= 11 is 0. The van der Waals surface area contributed by atoms with Gasteiger partial charge < -0.3 is 10.0 Å². The Morgan fingerprint density at radius 3 is 2.32 bits per heavy atom. The number of aryl methyl sites for hydroxylation is 1. The highest BCUT2D eigenvalue weighted by molar-refractivity contribution is 5.57. The fourth-order valence-electron chi connectivity index (χ4n) is 1.68. The molecule has 19 heavy (non-hydrogen) atoms. The summed E-state index contributed by atoms with van der Waals surface area (Å²) in [7, 11) is 3.74. The number of hydrogen-bond acceptors (Lipinski definition) is 6. The molecule has 0 aliphatic rings. The van der Waals surface area contributed by atoms with Gasteiger partial charge in [-0.05, 0) is 33.5 Å². The molecule has 8 nitrogen and oxygen atoms in total. The van der Waals surface area contributed by atoms with Crippen LogP contribution in [-0.2, 0) is 6.42 Å². The summed E-state index contributed by atoms with van der Waals surface area (Å²) in [6.07, 6.45) is 0.978. The molecule has 104 valence electrons. The molecule has 0 saturated heterocycles. The van der Waals surface area contributed by atoms with Crippen molar-refractivity contribution in [1.29, 1.82) is 0 Å². The standard InChI is InChI=1S/C11H15N3O5/c1-12(2)5-3-4-8-6-9(13(16)17)7-10(11(8)15)14(18)19/h6-7,15H,3-5H2,1-2H3. The minimum Gasteiger partial charge on any atom is -0.502 e. The van der Waals surface area contributed by atoms with Crippen molar-refractivity contribution in [2.75, 3.05) is 20.6 Å². The van der Waals surface area contributed by atoms with Gasteiger partial charge in [-0.2, -0.15) is 0 Å². The Balaban J connectivity index is 3.07. The number of nitro groups is 2. The van der Waals surface area contributed by atoms with Gasteiger partial charge in [0, 0.05) is 11.6 Å². The van der Waals surface area contributed by atoms with E-state index in [1.807, 2.05) is 19.0 Å². The molecule has 0 bridgehead atoms. The zero-order valence-corrected chi connectivity index (χ0v) is 10.7. The van der Waals surface area contributed by atoms with E-state index in [4.69, 9.17) is 0 Å². The molecule has 0 amide bonds. The number of non-ortho nitro benzene ring substituents is 1. The van der Waals surface area contributed by atoms with Crippen molar-refractivity contribution < 1.29 is 15.0 Å². The fourth-order valence-corrected chi connectivity index (χ4v) is 1.68. The fraction of sp³-hybridized carbons (Fsp3) is 0.455. The van der Waals surface area contributed by atoms with Crippen LogP contribution in [0.25, 0.3) is 0 Å². The summed E-state index contributed by atoms with van der Waals surface area (Å²) in [4.78, 5) is 21.9. The molecule has 0 heterocycles. The number of hydrogen-bond donors (Lipinski definition) is 1. The quantitative estimate of drug-likeness (QED) is 0.621. The van der Waals surface area contributed by atoms with Gasteiger partial charge in [-0.3, -0.25) is 20.2 Å². The number of phenolic OH excluding ortho intramolecular Hbond substituents is 1. The molecule has 0 aliphatic heterocycles. The van der Waals surface area contributed by atoms with Crippen LogP contribution < -0.4 is 0 Å². The van der Waals surface area contributed by atoms with Gasteiger partial charge in [-0.1, -0.05) is 0 Å². The predicted molar refractivity (Wildman–Crippen MR) is 68.3 cm³/mol. The average molecular weight is 269 g/mol. The third kappa shape index (κ3) is 3.88. The Hall–Kier alpha value is -2.22. The van der Waals surface area contributed by atoms with Crippen LogP contribution in [0.5, 0.6) is 5.75 Å². The maximum atomic E-state index is 10.7. The summed E-state index contributed by atoms with van der Waals surface area (Å²) in [5.74, 6) is -0.491. The first-order valence-electron chi connectivity index (χ1n) is 5.62. The zero-order valence-electron chi connectivity index (χ0n) is 10.7. The largest absolute Gasteiger partial charge is 0.502 e. The number of aromatic hydroxyl groups is 1. The number of phenols is 1. The van der Waals surface area contributed by atoms with E-state index in [1.165, 1.54) is 6.07 Å². The molecular formula is C11H15N3O5. The first-order chi connectivity index (χ1) is 8.82. The van der Waals surface area contributed by atoms with E-state index in [0.717, 1.165) is 12.6 Å². The Morgan fingerprint density at radius 1 is 1.21 bits per heavy atom. The van der Waals surface area contributed by atoms with E-state index in [1.54, 1.807) is 0 Å². The molecule has 0 aliphatic carbocycles. The molecule has 0 unspecified atom stereocenters. The second-order valence-electron chi connectivity index (χ2n) is 4.39. The summed E-state index contributed by atoms with van der Waals surface area (Å²) < 4.78 is 0. The molecule has 0 fully saturated rings. The minimum atomic E-state index is -0.822. The van der Waals surface area contributed by atoms with Crippen molar-refractivity contribution in [3.63, 3.8) is 0 Å². The lowest BCUT2D eigenvalue weighted by molar-refractivity contribution is -0.394. The molecule has 0 aromatic heterocycles. The van der Waals surface area contributed by atoms with Gasteiger partial charge in [0.05, 0.1) is 15.9 Å². The van der Waals surface area contributed by atoms with Crippen molar-refractivity contribution in [2.24, 2.45) is 0 Å². The summed E-state index contributed by atoms with van der Waals surface area (Å²) in [5.41, 5.74) is -0.791. The average Bonchev–Trinajstić information content (AvgIpc) is 2.30. The lowest BCUT2D eigenvalue weighted by Gasteiger charge is -2.09. The third-order valence-electron chi connectivity index (χ3n) is 2.61. The van der Waals surface area contributed by atoms with E-state index in [2.05, 4.69) is 0 Å². The van der Waals surface area contributed by atoms with Gasteiger partial charge in [-0.25, -0.2) is 0 Å². The lowest BCUT2D eigenvalue weighted by Crippen LogP contribution is -2.13. The van der Waals surface area contributed by atoms with Crippen LogP contribution in [0.3, 0.4) is 0 Å². The molecule has 1 aromatic carbocycles. The number of nitrogens with zero attached hydrogens (tertiary/aromatic N) is 3. The van der Waals surface area contributed by atoms with Crippen LogP contribution in [0, 0.1) is 20.2 Å². The molecule has 1 aromatic rings. The molecule has 0 spiro atoms. The van der Waals surface area contributed by atoms with Gasteiger partial charge in [0.25, 0.3) is 5.69 Å². The van der Waals surface area contributed by atoms with Crippen molar-refractivity contribution in [1.82, 2.24) is 4.90 Å². The molecule has 1 rings (SSSR count). The Morgan fingerprint density at radius 2 is 1.84 bits per heavy atom. The van der Waals surface area contributed by atoms with Gasteiger partial charge >= 0.3 is 5.69 Å². The molecule has 0 atom stereocenters. The van der Waals surface area contributed by atoms with E-state index in [-0.39, 0.29) is 11.3 Å². The molecule has 0 saturated carbocycles. The monoisotopic (exact) mass is 269 g/mol. The van der Waals surface area contributed by atoms with Gasteiger partial charge in [-0.15, -0.1) is 0 Å². The molecular weight excluding hydrogens is 254 g/mol. The highest BCUT2D eigenvalue weighted by atomic mass is 16.6. The smallest absolute Gasteiger partial charge is 0.317 e. The Kier molecular flexibility index (Phi) is 4.76. The van der Waals surface area contributed by atoms with Gasteiger partial charge in [0.15, 0.2) is 5.75 Å². The van der Waals surface area contributed by atoms with Crippen molar-refractivity contribution >= 4 is 11.4 Å². The zero-order chi connectivity index (χ0) is 14.6. The second-order valence-corrected chi connectivity index (χ2v) is 4.39. The summed E-state index contributed by atoms with van der Waals surface area (Å²) in [5, 5.41) is 31.2. The van der Waals surface area contributed by atoms with Crippen molar-refractivity contribution in [2.45, 2.75) is 12.8 Å². The topological polar surface area (TPSA) is 110 Å². The Bertz CT molecular complexity index is 501.